The molecule has 2 rings (SSSR count). The van der Waals surface area contributed by atoms with Crippen molar-refractivity contribution < 1.29 is 20.1 Å². The van der Waals surface area contributed by atoms with Crippen LogP contribution in [0.3, 0.4) is 0 Å². The number of hydrogen-bond acceptors (Lipinski definition) is 5. The number of hydrogen-bond donors (Lipinski definition) is 4. The molecule has 0 aromatic heterocycles. The van der Waals surface area contributed by atoms with Crippen LogP contribution < -0.4 is 5.32 Å². The van der Waals surface area contributed by atoms with Crippen LogP contribution in [0.2, 0.25) is 0 Å². The smallest absolute Gasteiger partial charge is 0.121 e. The molecule has 4 N–H and O–H groups in total. The monoisotopic (exact) mass is 379 g/mol. The molecule has 1 aliphatic carbocycles. The second-order valence-corrected chi connectivity index (χ2v) is 7.73. The minimum absolute atomic E-state index is 0.0592. The first-order valence-corrected chi connectivity index (χ1v) is 10.6. The highest BCUT2D eigenvalue weighted by atomic mass is 16.5. The normalized spacial score (nSPS) is 16.1. The van der Waals surface area contributed by atoms with Gasteiger partial charge < -0.3 is 25.4 Å². The van der Waals surface area contributed by atoms with Crippen molar-refractivity contribution in [2.45, 2.75) is 70.5 Å². The summed E-state index contributed by atoms with van der Waals surface area (Å²) in [4.78, 5) is 0. The minimum atomic E-state index is -0.635. The molecule has 0 amide bonds. The maximum Gasteiger partial charge on any atom is 0.121 e. The average Bonchev–Trinajstić information content (AvgIpc) is 3.19. The summed E-state index contributed by atoms with van der Waals surface area (Å²) in [5.74, 6) is 0.979. The second kappa shape index (κ2) is 13.1. The first kappa shape index (κ1) is 22.2. The lowest BCUT2D eigenvalue weighted by molar-refractivity contribution is 0.116. The van der Waals surface area contributed by atoms with E-state index in [1.165, 1.54) is 51.0 Å². The van der Waals surface area contributed by atoms with E-state index in [0.717, 1.165) is 38.5 Å². The molecule has 0 saturated heterocycles. The molecule has 1 aliphatic rings. The standard InChI is InChI=1S/C22H37NO4/c24-17-20-15-19(9-10-21(20)25)22(26)16-23-12-5-1-2-6-13-27-14-11-18-7-3-4-8-18/h9-10,15,18,22-26H,1-8,11-14,16-17H2. The van der Waals surface area contributed by atoms with Crippen LogP contribution in [0.25, 0.3) is 0 Å². The summed E-state index contributed by atoms with van der Waals surface area (Å²) in [5, 5.41) is 32.2. The van der Waals surface area contributed by atoms with Crippen molar-refractivity contribution in [3.8, 4) is 5.75 Å². The number of rotatable bonds is 14. The Morgan fingerprint density at radius 1 is 1.07 bits per heavy atom. The lowest BCUT2D eigenvalue weighted by Crippen LogP contribution is -2.22. The average molecular weight is 380 g/mol. The summed E-state index contributed by atoms with van der Waals surface area (Å²) >= 11 is 0. The molecule has 0 aliphatic heterocycles. The van der Waals surface area contributed by atoms with Gasteiger partial charge in [-0.15, -0.1) is 0 Å². The summed E-state index contributed by atoms with van der Waals surface area (Å²) in [5.41, 5.74) is 1.15. The van der Waals surface area contributed by atoms with Gasteiger partial charge in [0.15, 0.2) is 0 Å². The fourth-order valence-electron chi connectivity index (χ4n) is 3.75. The lowest BCUT2D eigenvalue weighted by atomic mass is 10.1. The third-order valence-electron chi connectivity index (χ3n) is 5.53. The van der Waals surface area contributed by atoms with Crippen LogP contribution in [0.5, 0.6) is 5.75 Å². The van der Waals surface area contributed by atoms with Crippen molar-refractivity contribution in [3.05, 3.63) is 29.3 Å². The molecule has 1 aromatic carbocycles. The third kappa shape index (κ3) is 8.60. The van der Waals surface area contributed by atoms with E-state index in [1.807, 2.05) is 0 Å². The first-order chi connectivity index (χ1) is 13.2. The summed E-state index contributed by atoms with van der Waals surface area (Å²) < 4.78 is 5.75. The predicted molar refractivity (Wildman–Crippen MR) is 108 cm³/mol. The largest absolute Gasteiger partial charge is 0.508 e. The van der Waals surface area contributed by atoms with Gasteiger partial charge in [0, 0.05) is 25.3 Å². The van der Waals surface area contributed by atoms with E-state index in [0.29, 0.717) is 17.7 Å². The van der Waals surface area contributed by atoms with Gasteiger partial charge in [0.05, 0.1) is 12.7 Å². The van der Waals surface area contributed by atoms with Gasteiger partial charge in [-0.3, -0.25) is 0 Å². The summed E-state index contributed by atoms with van der Waals surface area (Å²) in [6.45, 7) is 2.93. The molecular weight excluding hydrogens is 342 g/mol. The molecule has 5 nitrogen and oxygen atoms in total. The molecule has 0 heterocycles. The Hall–Kier alpha value is -1.14. The van der Waals surface area contributed by atoms with Gasteiger partial charge in [0.2, 0.25) is 0 Å². The summed E-state index contributed by atoms with van der Waals surface area (Å²) in [6.07, 6.45) is 10.8. The molecule has 1 aromatic rings. The highest BCUT2D eigenvalue weighted by Crippen LogP contribution is 2.27. The van der Waals surface area contributed by atoms with Crippen LogP contribution in [0.15, 0.2) is 18.2 Å². The van der Waals surface area contributed by atoms with Crippen LogP contribution in [-0.2, 0) is 11.3 Å². The Morgan fingerprint density at radius 2 is 1.85 bits per heavy atom. The van der Waals surface area contributed by atoms with Crippen LogP contribution in [0.4, 0.5) is 0 Å². The van der Waals surface area contributed by atoms with Gasteiger partial charge in [-0.2, -0.15) is 0 Å². The molecule has 5 heteroatoms. The van der Waals surface area contributed by atoms with E-state index in [9.17, 15) is 15.3 Å². The number of phenols is 1. The Kier molecular flexibility index (Phi) is 10.8. The van der Waals surface area contributed by atoms with Crippen LogP contribution in [0, 0.1) is 5.92 Å². The number of aliphatic hydroxyl groups is 2. The number of aliphatic hydroxyl groups excluding tert-OH is 2. The molecule has 1 fully saturated rings. The zero-order chi connectivity index (χ0) is 19.3. The van der Waals surface area contributed by atoms with Gasteiger partial charge in [-0.25, -0.2) is 0 Å². The van der Waals surface area contributed by atoms with Gasteiger partial charge in [0.1, 0.15) is 5.75 Å². The number of benzene rings is 1. The van der Waals surface area contributed by atoms with E-state index >= 15 is 0 Å². The van der Waals surface area contributed by atoms with Crippen LogP contribution in [0.1, 0.15) is 75.0 Å². The second-order valence-electron chi connectivity index (χ2n) is 7.73. The van der Waals surface area contributed by atoms with Crippen molar-refractivity contribution in [2.24, 2.45) is 5.92 Å². The molecular formula is C22H37NO4. The Bertz CT molecular complexity index is 517. The van der Waals surface area contributed by atoms with E-state index in [4.69, 9.17) is 4.74 Å². The fourth-order valence-corrected chi connectivity index (χ4v) is 3.75. The van der Waals surface area contributed by atoms with Crippen molar-refractivity contribution in [3.63, 3.8) is 0 Å². The zero-order valence-electron chi connectivity index (χ0n) is 16.5. The highest BCUT2D eigenvalue weighted by Gasteiger charge is 2.14. The van der Waals surface area contributed by atoms with Gasteiger partial charge in [0.25, 0.3) is 0 Å². The molecule has 0 bridgehead atoms. The molecule has 1 saturated carbocycles. The highest BCUT2D eigenvalue weighted by molar-refractivity contribution is 5.36. The van der Waals surface area contributed by atoms with Crippen LogP contribution in [-0.4, -0.2) is 41.6 Å². The molecule has 1 atom stereocenters. The predicted octanol–water partition coefficient (Wildman–Crippen LogP) is 3.66. The maximum absolute atomic E-state index is 10.2. The lowest BCUT2D eigenvalue weighted by Gasteiger charge is -2.14. The Labute approximate surface area is 163 Å². The maximum atomic E-state index is 10.2. The number of unbranched alkanes of at least 4 members (excludes halogenated alkanes) is 3. The SMILES string of the molecule is OCc1cc(C(O)CNCCCCCCOCCC2CCCC2)ccc1O. The van der Waals surface area contributed by atoms with Gasteiger partial charge >= 0.3 is 0 Å². The van der Waals surface area contributed by atoms with E-state index in [2.05, 4.69) is 5.32 Å². The van der Waals surface area contributed by atoms with E-state index in [-0.39, 0.29) is 12.4 Å². The molecule has 1 unspecified atom stereocenters. The molecule has 154 valence electrons. The Balaban J connectivity index is 1.41. The third-order valence-corrected chi connectivity index (χ3v) is 5.53. The Morgan fingerprint density at radius 3 is 2.63 bits per heavy atom. The van der Waals surface area contributed by atoms with Gasteiger partial charge in [-0.1, -0.05) is 44.6 Å². The van der Waals surface area contributed by atoms with Crippen molar-refractivity contribution in [2.75, 3.05) is 26.3 Å². The first-order valence-electron chi connectivity index (χ1n) is 10.6. The number of aromatic hydroxyl groups is 1. The van der Waals surface area contributed by atoms with E-state index < -0.39 is 6.10 Å². The van der Waals surface area contributed by atoms with Crippen molar-refractivity contribution >= 4 is 0 Å². The van der Waals surface area contributed by atoms with Crippen molar-refractivity contribution in [1.29, 1.82) is 0 Å². The minimum Gasteiger partial charge on any atom is -0.508 e. The number of ether oxygens (including phenoxy) is 1. The van der Waals surface area contributed by atoms with E-state index in [1.54, 1.807) is 12.1 Å². The molecule has 0 radical (unpaired) electrons. The molecule has 0 spiro atoms. The molecule has 27 heavy (non-hydrogen) atoms. The topological polar surface area (TPSA) is 82.0 Å². The zero-order valence-corrected chi connectivity index (χ0v) is 16.5. The van der Waals surface area contributed by atoms with Gasteiger partial charge in [-0.05, 0) is 49.4 Å². The number of nitrogens with one attached hydrogen (secondary N) is 1. The summed E-state index contributed by atoms with van der Waals surface area (Å²) in [7, 11) is 0. The fraction of sp³-hybridized carbons (Fsp3) is 0.727. The van der Waals surface area contributed by atoms with Crippen molar-refractivity contribution in [1.82, 2.24) is 5.32 Å². The van der Waals surface area contributed by atoms with Crippen LogP contribution >= 0.6 is 0 Å². The summed E-state index contributed by atoms with van der Waals surface area (Å²) in [6, 6.07) is 4.85. The quantitative estimate of drug-likeness (QED) is 0.371.